The predicted octanol–water partition coefficient (Wildman–Crippen LogP) is 2.17. The number of hydrogen-bond acceptors (Lipinski definition) is 4. The summed E-state index contributed by atoms with van der Waals surface area (Å²) >= 11 is 0. The van der Waals surface area contributed by atoms with E-state index in [2.05, 4.69) is 5.32 Å². The molecule has 5 nitrogen and oxygen atoms in total. The number of sulfone groups is 1. The zero-order valence-electron chi connectivity index (χ0n) is 13.2. The summed E-state index contributed by atoms with van der Waals surface area (Å²) in [5.74, 6) is 0.997. The molecule has 3 rings (SSSR count). The molecule has 1 N–H and O–H groups in total. The molecule has 0 spiro atoms. The van der Waals surface area contributed by atoms with Crippen LogP contribution in [0.1, 0.15) is 42.5 Å². The van der Waals surface area contributed by atoms with Gasteiger partial charge in [-0.25, -0.2) is 8.42 Å². The Morgan fingerprint density at radius 2 is 2.00 bits per heavy atom. The summed E-state index contributed by atoms with van der Waals surface area (Å²) < 4.78 is 28.8. The molecule has 1 saturated carbocycles. The van der Waals surface area contributed by atoms with E-state index in [0.717, 1.165) is 18.6 Å². The van der Waals surface area contributed by atoms with Crippen molar-refractivity contribution in [2.24, 2.45) is 5.92 Å². The largest absolute Gasteiger partial charge is 0.490 e. The van der Waals surface area contributed by atoms with Gasteiger partial charge in [0.25, 0.3) is 5.91 Å². The van der Waals surface area contributed by atoms with Crippen molar-refractivity contribution < 1.29 is 17.9 Å². The summed E-state index contributed by atoms with van der Waals surface area (Å²) in [4.78, 5) is 12.2. The summed E-state index contributed by atoms with van der Waals surface area (Å²) in [6.07, 6.45) is 5.45. The van der Waals surface area contributed by atoms with Crippen molar-refractivity contribution in [3.63, 3.8) is 0 Å². The molecule has 1 aliphatic heterocycles. The van der Waals surface area contributed by atoms with E-state index < -0.39 is 9.84 Å². The molecule has 6 heteroatoms. The first-order chi connectivity index (χ1) is 11.0. The van der Waals surface area contributed by atoms with E-state index in [-0.39, 0.29) is 29.4 Å². The SMILES string of the molecule is O=C(NCC1CCS(=O)(=O)C1)c1cccc(OC2CCCC2)c1. The second-order valence-corrected chi connectivity index (χ2v) is 8.76. The van der Waals surface area contributed by atoms with E-state index in [9.17, 15) is 13.2 Å². The Hall–Kier alpha value is -1.56. The Balaban J connectivity index is 1.54. The number of ether oxygens (including phenoxy) is 1. The summed E-state index contributed by atoms with van der Waals surface area (Å²) in [5, 5.41) is 2.84. The molecule has 0 bridgehead atoms. The zero-order valence-corrected chi connectivity index (χ0v) is 14.0. The maximum atomic E-state index is 12.2. The fourth-order valence-corrected chi connectivity index (χ4v) is 5.14. The highest BCUT2D eigenvalue weighted by atomic mass is 32.2. The molecule has 1 amide bonds. The minimum atomic E-state index is -2.90. The van der Waals surface area contributed by atoms with Crippen LogP contribution in [0.4, 0.5) is 0 Å². The first-order valence-corrected chi connectivity index (χ1v) is 10.1. The molecule has 0 aromatic heterocycles. The van der Waals surface area contributed by atoms with Crippen molar-refractivity contribution in [3.8, 4) is 5.75 Å². The minimum Gasteiger partial charge on any atom is -0.490 e. The van der Waals surface area contributed by atoms with Gasteiger partial charge in [-0.05, 0) is 56.2 Å². The molecular weight excluding hydrogens is 314 g/mol. The Labute approximate surface area is 137 Å². The van der Waals surface area contributed by atoms with Crippen LogP contribution in [0.3, 0.4) is 0 Å². The molecule has 1 aromatic rings. The van der Waals surface area contributed by atoms with Crippen LogP contribution in [0.5, 0.6) is 5.75 Å². The van der Waals surface area contributed by atoms with Crippen LogP contribution in [0, 0.1) is 5.92 Å². The van der Waals surface area contributed by atoms with Crippen LogP contribution in [-0.4, -0.2) is 38.5 Å². The monoisotopic (exact) mass is 337 g/mol. The number of amides is 1. The highest BCUT2D eigenvalue weighted by Gasteiger charge is 2.28. The summed E-state index contributed by atoms with van der Waals surface area (Å²) in [7, 11) is -2.90. The van der Waals surface area contributed by atoms with Crippen molar-refractivity contribution in [1.29, 1.82) is 0 Å². The van der Waals surface area contributed by atoms with Crippen molar-refractivity contribution in [3.05, 3.63) is 29.8 Å². The molecule has 1 unspecified atom stereocenters. The maximum absolute atomic E-state index is 12.2. The second kappa shape index (κ2) is 6.91. The van der Waals surface area contributed by atoms with Crippen molar-refractivity contribution in [1.82, 2.24) is 5.32 Å². The third-order valence-electron chi connectivity index (χ3n) is 4.58. The Bertz CT molecular complexity index is 665. The molecule has 126 valence electrons. The van der Waals surface area contributed by atoms with Gasteiger partial charge >= 0.3 is 0 Å². The Kier molecular flexibility index (Phi) is 4.90. The topological polar surface area (TPSA) is 72.5 Å². The Morgan fingerprint density at radius 3 is 2.70 bits per heavy atom. The van der Waals surface area contributed by atoms with Crippen molar-refractivity contribution >= 4 is 15.7 Å². The number of rotatable bonds is 5. The Morgan fingerprint density at radius 1 is 1.22 bits per heavy atom. The van der Waals surface area contributed by atoms with Gasteiger partial charge in [-0.3, -0.25) is 4.79 Å². The van der Waals surface area contributed by atoms with Gasteiger partial charge in [-0.1, -0.05) is 6.07 Å². The lowest BCUT2D eigenvalue weighted by atomic mass is 10.1. The fraction of sp³-hybridized carbons (Fsp3) is 0.588. The third kappa shape index (κ3) is 4.47. The van der Waals surface area contributed by atoms with E-state index >= 15 is 0 Å². The van der Waals surface area contributed by atoms with E-state index in [1.807, 2.05) is 12.1 Å². The van der Waals surface area contributed by atoms with E-state index in [4.69, 9.17) is 4.74 Å². The van der Waals surface area contributed by atoms with Crippen LogP contribution >= 0.6 is 0 Å². The zero-order chi connectivity index (χ0) is 16.3. The molecule has 2 aliphatic rings. The first-order valence-electron chi connectivity index (χ1n) is 8.27. The van der Waals surface area contributed by atoms with Crippen molar-refractivity contribution in [2.45, 2.75) is 38.2 Å². The lowest BCUT2D eigenvalue weighted by Gasteiger charge is -2.14. The maximum Gasteiger partial charge on any atom is 0.251 e. The van der Waals surface area contributed by atoms with Crippen LogP contribution in [0.25, 0.3) is 0 Å². The average Bonchev–Trinajstić information content (AvgIpc) is 3.14. The molecule has 1 saturated heterocycles. The molecule has 1 atom stereocenters. The lowest BCUT2D eigenvalue weighted by molar-refractivity contribution is 0.0947. The number of carbonyl (C=O) groups is 1. The lowest BCUT2D eigenvalue weighted by Crippen LogP contribution is -2.29. The van der Waals surface area contributed by atoms with Gasteiger partial charge in [0, 0.05) is 12.1 Å². The number of nitrogens with one attached hydrogen (secondary N) is 1. The van der Waals surface area contributed by atoms with Crippen LogP contribution < -0.4 is 10.1 Å². The van der Waals surface area contributed by atoms with Crippen molar-refractivity contribution in [2.75, 3.05) is 18.1 Å². The van der Waals surface area contributed by atoms with Gasteiger partial charge in [0.05, 0.1) is 17.6 Å². The number of hydrogen-bond donors (Lipinski definition) is 1. The van der Waals surface area contributed by atoms with E-state index in [1.165, 1.54) is 12.8 Å². The normalized spacial score (nSPS) is 23.7. The standard InChI is InChI=1S/C17H23NO4S/c19-17(18-11-13-8-9-23(20,21)12-13)14-4-3-7-16(10-14)22-15-5-1-2-6-15/h3-4,7,10,13,15H,1-2,5-6,8-9,11-12H2,(H,18,19). The van der Waals surface area contributed by atoms with Gasteiger partial charge in [0.1, 0.15) is 5.75 Å². The van der Waals surface area contributed by atoms with E-state index in [1.54, 1.807) is 12.1 Å². The van der Waals surface area contributed by atoms with Crippen LogP contribution in [0.15, 0.2) is 24.3 Å². The summed E-state index contributed by atoms with van der Waals surface area (Å²) in [5.41, 5.74) is 0.557. The second-order valence-electron chi connectivity index (χ2n) is 6.53. The molecule has 1 aromatic carbocycles. The molecule has 23 heavy (non-hydrogen) atoms. The van der Waals surface area contributed by atoms with Gasteiger partial charge in [0.15, 0.2) is 9.84 Å². The summed E-state index contributed by atoms with van der Waals surface area (Å²) in [6.45, 7) is 0.409. The molecule has 1 aliphatic carbocycles. The third-order valence-corrected chi connectivity index (χ3v) is 6.42. The number of benzene rings is 1. The molecule has 0 radical (unpaired) electrons. The van der Waals surface area contributed by atoms with E-state index in [0.29, 0.717) is 18.5 Å². The predicted molar refractivity (Wildman–Crippen MR) is 88.4 cm³/mol. The fourth-order valence-electron chi connectivity index (χ4n) is 3.28. The first kappa shape index (κ1) is 16.3. The quantitative estimate of drug-likeness (QED) is 0.894. The average molecular weight is 337 g/mol. The van der Waals surface area contributed by atoms with Gasteiger partial charge in [0.2, 0.25) is 0 Å². The smallest absolute Gasteiger partial charge is 0.251 e. The molecular formula is C17H23NO4S. The van der Waals surface area contributed by atoms with Gasteiger partial charge in [-0.15, -0.1) is 0 Å². The number of carbonyl (C=O) groups excluding carboxylic acids is 1. The minimum absolute atomic E-state index is 0.0295. The van der Waals surface area contributed by atoms with Gasteiger partial charge < -0.3 is 10.1 Å². The van der Waals surface area contributed by atoms with Crippen LogP contribution in [0.2, 0.25) is 0 Å². The molecule has 2 fully saturated rings. The highest BCUT2D eigenvalue weighted by Crippen LogP contribution is 2.24. The van der Waals surface area contributed by atoms with Gasteiger partial charge in [-0.2, -0.15) is 0 Å². The summed E-state index contributed by atoms with van der Waals surface area (Å²) in [6, 6.07) is 7.21. The molecule has 1 heterocycles. The van der Waals surface area contributed by atoms with Crippen LogP contribution in [-0.2, 0) is 9.84 Å². The highest BCUT2D eigenvalue weighted by molar-refractivity contribution is 7.91.